The molecule has 5 heteroatoms. The third-order valence-corrected chi connectivity index (χ3v) is 5.42. The molecule has 0 unspecified atom stereocenters. The van der Waals surface area contributed by atoms with Crippen LogP contribution in [0, 0.1) is 0 Å². The van der Waals surface area contributed by atoms with Gasteiger partial charge in [-0.3, -0.25) is 4.79 Å². The summed E-state index contributed by atoms with van der Waals surface area (Å²) < 4.78 is 5.50. The van der Waals surface area contributed by atoms with Crippen LogP contribution in [-0.2, 0) is 11.2 Å². The number of ether oxygens (including phenoxy) is 1. The molecule has 1 N–H and O–H groups in total. The molecule has 0 radical (unpaired) electrons. The van der Waals surface area contributed by atoms with Crippen LogP contribution in [0.3, 0.4) is 0 Å². The molecule has 5 nitrogen and oxygen atoms in total. The van der Waals surface area contributed by atoms with Gasteiger partial charge in [-0.25, -0.2) is 0 Å². The highest BCUT2D eigenvalue weighted by Crippen LogP contribution is 2.24. The van der Waals surface area contributed by atoms with E-state index in [9.17, 15) is 9.90 Å². The number of likely N-dealkylation sites (N-methyl/N-ethyl adjacent to an activating group) is 1. The average Bonchev–Trinajstić information content (AvgIpc) is 2.73. The Bertz CT molecular complexity index is 751. The van der Waals surface area contributed by atoms with Crippen molar-refractivity contribution in [1.82, 2.24) is 9.80 Å². The molecule has 1 amide bonds. The summed E-state index contributed by atoms with van der Waals surface area (Å²) in [4.78, 5) is 16.8. The predicted molar refractivity (Wildman–Crippen MR) is 111 cm³/mol. The third kappa shape index (κ3) is 5.73. The van der Waals surface area contributed by atoms with E-state index in [4.69, 9.17) is 4.74 Å². The molecule has 0 aliphatic carbocycles. The number of carbonyl (C=O) groups is 1. The highest BCUT2D eigenvalue weighted by Gasteiger charge is 2.26. The molecule has 150 valence electrons. The monoisotopic (exact) mass is 382 g/mol. The largest absolute Gasteiger partial charge is 0.504 e. The zero-order valence-electron chi connectivity index (χ0n) is 16.6. The molecule has 3 rings (SSSR count). The first kappa shape index (κ1) is 20.2. The minimum atomic E-state index is -0.0570. The Kier molecular flexibility index (Phi) is 7.31. The summed E-state index contributed by atoms with van der Waals surface area (Å²) >= 11 is 0. The molecular formula is C23H30N2O3. The Hall–Kier alpha value is -2.53. The van der Waals surface area contributed by atoms with Crippen LogP contribution in [0.25, 0.3) is 0 Å². The molecule has 0 saturated carbocycles. The summed E-state index contributed by atoms with van der Waals surface area (Å²) in [5.74, 6) is 0.343. The molecular weight excluding hydrogens is 352 g/mol. The number of piperidine rings is 1. The lowest BCUT2D eigenvalue weighted by Gasteiger charge is -2.37. The molecule has 1 saturated heterocycles. The van der Waals surface area contributed by atoms with E-state index in [0.717, 1.165) is 45.3 Å². The standard InChI is InChI=1S/C23H30N2O3/c1-24(23(27)18-28-22-14-6-5-13-21(22)26)20-12-8-16-25(17-20)15-7-11-19-9-3-2-4-10-19/h2-6,9-10,13-14,20,26H,7-8,11-12,15-18H2,1H3/t20-/m0/s1. The smallest absolute Gasteiger partial charge is 0.260 e. The number of hydrogen-bond donors (Lipinski definition) is 1. The van der Waals surface area contributed by atoms with Gasteiger partial charge in [-0.15, -0.1) is 0 Å². The first-order chi connectivity index (χ1) is 13.6. The van der Waals surface area contributed by atoms with Gasteiger partial charge in [0.25, 0.3) is 5.91 Å². The SMILES string of the molecule is CN(C(=O)COc1ccccc1O)[C@H]1CCCN(CCCc2ccccc2)C1. The van der Waals surface area contributed by atoms with E-state index in [2.05, 4.69) is 35.2 Å². The van der Waals surface area contributed by atoms with Crippen LogP contribution >= 0.6 is 0 Å². The van der Waals surface area contributed by atoms with Crippen molar-refractivity contribution in [2.45, 2.75) is 31.7 Å². The van der Waals surface area contributed by atoms with E-state index in [1.165, 1.54) is 5.56 Å². The van der Waals surface area contributed by atoms with Crippen molar-refractivity contribution < 1.29 is 14.6 Å². The van der Waals surface area contributed by atoms with Crippen molar-refractivity contribution in [3.63, 3.8) is 0 Å². The van der Waals surface area contributed by atoms with Crippen molar-refractivity contribution >= 4 is 5.91 Å². The number of nitrogens with zero attached hydrogens (tertiary/aromatic N) is 2. The van der Waals surface area contributed by atoms with Crippen molar-refractivity contribution in [1.29, 1.82) is 0 Å². The minimum absolute atomic E-state index is 0.0558. The van der Waals surface area contributed by atoms with Crippen LogP contribution in [0.15, 0.2) is 54.6 Å². The molecule has 1 atom stereocenters. The fourth-order valence-electron chi connectivity index (χ4n) is 3.73. The van der Waals surface area contributed by atoms with Gasteiger partial charge < -0.3 is 19.6 Å². The van der Waals surface area contributed by atoms with E-state index in [-0.39, 0.29) is 24.3 Å². The summed E-state index contributed by atoms with van der Waals surface area (Å²) in [6.07, 6.45) is 4.35. The molecule has 0 bridgehead atoms. The van der Waals surface area contributed by atoms with E-state index in [0.29, 0.717) is 5.75 Å². The van der Waals surface area contributed by atoms with Crippen LogP contribution < -0.4 is 4.74 Å². The lowest BCUT2D eigenvalue weighted by molar-refractivity contribution is -0.135. The number of aryl methyl sites for hydroxylation is 1. The normalized spacial score (nSPS) is 17.2. The molecule has 0 spiro atoms. The van der Waals surface area contributed by atoms with Gasteiger partial charge in [-0.2, -0.15) is 0 Å². The number of likely N-dealkylation sites (tertiary alicyclic amines) is 1. The Morgan fingerprint density at radius 2 is 1.93 bits per heavy atom. The number of phenols is 1. The molecule has 1 aliphatic heterocycles. The maximum atomic E-state index is 12.5. The second-order valence-electron chi connectivity index (χ2n) is 7.45. The molecule has 1 fully saturated rings. The molecule has 0 aromatic heterocycles. The highest BCUT2D eigenvalue weighted by atomic mass is 16.5. The van der Waals surface area contributed by atoms with Gasteiger partial charge in [0.2, 0.25) is 0 Å². The van der Waals surface area contributed by atoms with E-state index in [1.807, 2.05) is 11.9 Å². The number of para-hydroxylation sites is 2. The maximum Gasteiger partial charge on any atom is 0.260 e. The second-order valence-corrected chi connectivity index (χ2v) is 7.45. The fraction of sp³-hybridized carbons (Fsp3) is 0.435. The first-order valence-electron chi connectivity index (χ1n) is 10.1. The van der Waals surface area contributed by atoms with Crippen molar-refractivity contribution in [2.24, 2.45) is 0 Å². The summed E-state index contributed by atoms with van der Waals surface area (Å²) in [5.41, 5.74) is 1.38. The van der Waals surface area contributed by atoms with E-state index < -0.39 is 0 Å². The van der Waals surface area contributed by atoms with Gasteiger partial charge in [0.05, 0.1) is 0 Å². The number of rotatable bonds is 8. The number of phenolic OH excluding ortho intramolecular Hbond substituents is 1. The fourth-order valence-corrected chi connectivity index (χ4v) is 3.73. The Labute approximate surface area is 167 Å². The topological polar surface area (TPSA) is 53.0 Å². The van der Waals surface area contributed by atoms with Gasteiger partial charge in [0, 0.05) is 19.6 Å². The Morgan fingerprint density at radius 3 is 2.71 bits per heavy atom. The zero-order chi connectivity index (χ0) is 19.8. The minimum Gasteiger partial charge on any atom is -0.504 e. The van der Waals surface area contributed by atoms with Gasteiger partial charge in [0.15, 0.2) is 18.1 Å². The predicted octanol–water partition coefficient (Wildman–Crippen LogP) is 3.33. The van der Waals surface area contributed by atoms with Gasteiger partial charge in [0.1, 0.15) is 0 Å². The molecule has 1 aliphatic rings. The van der Waals surface area contributed by atoms with Crippen molar-refractivity contribution in [3.05, 3.63) is 60.2 Å². The lowest BCUT2D eigenvalue weighted by Crippen LogP contribution is -2.49. The highest BCUT2D eigenvalue weighted by molar-refractivity contribution is 5.78. The van der Waals surface area contributed by atoms with Crippen LogP contribution in [0.1, 0.15) is 24.8 Å². The lowest BCUT2D eigenvalue weighted by atomic mass is 10.0. The molecule has 28 heavy (non-hydrogen) atoms. The summed E-state index contributed by atoms with van der Waals surface area (Å²) in [7, 11) is 1.86. The van der Waals surface area contributed by atoms with E-state index in [1.54, 1.807) is 24.3 Å². The van der Waals surface area contributed by atoms with E-state index >= 15 is 0 Å². The van der Waals surface area contributed by atoms with Gasteiger partial charge >= 0.3 is 0 Å². The van der Waals surface area contributed by atoms with Crippen molar-refractivity contribution in [2.75, 3.05) is 33.3 Å². The quantitative estimate of drug-likeness (QED) is 0.761. The van der Waals surface area contributed by atoms with Crippen molar-refractivity contribution in [3.8, 4) is 11.5 Å². The van der Waals surface area contributed by atoms with Crippen LogP contribution in [0.4, 0.5) is 0 Å². The van der Waals surface area contributed by atoms with Crippen LogP contribution in [0.2, 0.25) is 0 Å². The Morgan fingerprint density at radius 1 is 1.18 bits per heavy atom. The van der Waals surface area contributed by atoms with Gasteiger partial charge in [-0.1, -0.05) is 42.5 Å². The summed E-state index contributed by atoms with van der Waals surface area (Å²) in [6, 6.07) is 17.5. The summed E-state index contributed by atoms with van der Waals surface area (Å²) in [5, 5.41) is 9.75. The summed E-state index contributed by atoms with van der Waals surface area (Å²) in [6.45, 7) is 3.01. The number of hydrogen-bond acceptors (Lipinski definition) is 4. The first-order valence-corrected chi connectivity index (χ1v) is 10.1. The number of carbonyl (C=O) groups excluding carboxylic acids is 1. The molecule has 2 aromatic carbocycles. The second kappa shape index (κ2) is 10.1. The van der Waals surface area contributed by atoms with Crippen LogP contribution in [0.5, 0.6) is 11.5 Å². The molecule has 1 heterocycles. The number of benzene rings is 2. The number of amides is 1. The zero-order valence-corrected chi connectivity index (χ0v) is 16.6. The van der Waals surface area contributed by atoms with Crippen LogP contribution in [-0.4, -0.2) is 60.1 Å². The molecule has 2 aromatic rings. The average molecular weight is 383 g/mol. The number of aromatic hydroxyl groups is 1. The maximum absolute atomic E-state index is 12.5. The van der Waals surface area contributed by atoms with Gasteiger partial charge in [-0.05, 0) is 56.5 Å². The third-order valence-electron chi connectivity index (χ3n) is 5.42. The Balaban J connectivity index is 1.43.